The van der Waals surface area contributed by atoms with Gasteiger partial charge in [-0.05, 0) is 124 Å². The van der Waals surface area contributed by atoms with Crippen LogP contribution < -0.4 is 0 Å². The highest BCUT2D eigenvalue weighted by Crippen LogP contribution is 2.60. The van der Waals surface area contributed by atoms with E-state index in [0.717, 1.165) is 25.7 Å². The van der Waals surface area contributed by atoms with Gasteiger partial charge in [-0.2, -0.15) is 0 Å². The summed E-state index contributed by atoms with van der Waals surface area (Å²) in [5, 5.41) is 9.96. The van der Waals surface area contributed by atoms with E-state index in [4.69, 9.17) is 18.9 Å². The van der Waals surface area contributed by atoms with Crippen molar-refractivity contribution in [1.82, 2.24) is 0 Å². The number of rotatable bonds is 12. The van der Waals surface area contributed by atoms with E-state index >= 15 is 0 Å². The Balaban J connectivity index is 1.56. The topological polar surface area (TPSA) is 142 Å². The molecule has 4 saturated carbocycles. The maximum Gasteiger partial charge on any atom is 0.350 e. The van der Waals surface area contributed by atoms with Gasteiger partial charge in [-0.1, -0.05) is 6.92 Å². The monoisotopic (exact) mass is 606 g/mol. The number of carboxylic acid groups (broad SMARTS) is 1. The van der Waals surface area contributed by atoms with Crippen LogP contribution >= 0.6 is 0 Å². The van der Waals surface area contributed by atoms with Gasteiger partial charge in [-0.3, -0.25) is 14.4 Å². The van der Waals surface area contributed by atoms with E-state index in [1.54, 1.807) is 13.8 Å². The first-order valence-electron chi connectivity index (χ1n) is 15.8. The number of hydrogen-bond acceptors (Lipinski definition) is 9. The Morgan fingerprint density at radius 1 is 0.860 bits per heavy atom. The number of carbonyl (C=O) groups excluding carboxylic acids is 4. The lowest BCUT2D eigenvalue weighted by Gasteiger charge is -2.59. The lowest BCUT2D eigenvalue weighted by molar-refractivity contribution is -0.214. The fourth-order valence-electron chi connectivity index (χ4n) is 8.32. The largest absolute Gasteiger partial charge is 0.481 e. The maximum absolute atomic E-state index is 14.1. The molecule has 10 nitrogen and oxygen atoms in total. The van der Waals surface area contributed by atoms with Crippen molar-refractivity contribution in [2.24, 2.45) is 39.9 Å². The molecule has 43 heavy (non-hydrogen) atoms. The molecular weight excluding hydrogens is 556 g/mol. The van der Waals surface area contributed by atoms with Crippen molar-refractivity contribution in [2.45, 2.75) is 130 Å². The minimum Gasteiger partial charge on any atom is -0.481 e. The molecule has 0 amide bonds. The zero-order chi connectivity index (χ0) is 32.2. The first-order chi connectivity index (χ1) is 19.7. The summed E-state index contributed by atoms with van der Waals surface area (Å²) in [6, 6.07) is 0. The van der Waals surface area contributed by atoms with E-state index in [0.29, 0.717) is 30.1 Å². The molecule has 4 bridgehead atoms. The van der Waals surface area contributed by atoms with Gasteiger partial charge in [0.25, 0.3) is 0 Å². The van der Waals surface area contributed by atoms with E-state index < -0.39 is 63.4 Å². The first kappa shape index (κ1) is 33.2. The zero-order valence-electron chi connectivity index (χ0n) is 27.1. The summed E-state index contributed by atoms with van der Waals surface area (Å²) < 4.78 is 22.4. The van der Waals surface area contributed by atoms with Gasteiger partial charge in [0.2, 0.25) is 11.7 Å². The van der Waals surface area contributed by atoms with Crippen molar-refractivity contribution >= 4 is 29.8 Å². The molecule has 3 unspecified atom stereocenters. The van der Waals surface area contributed by atoms with Gasteiger partial charge in [0.05, 0.1) is 22.9 Å². The van der Waals surface area contributed by atoms with E-state index in [-0.39, 0.29) is 25.9 Å². The fraction of sp³-hybridized carbons (Fsp3) is 0.848. The molecule has 0 aromatic rings. The molecule has 4 aliphatic carbocycles. The Kier molecular flexibility index (Phi) is 8.79. The molecular formula is C33H50O10. The molecule has 0 spiro atoms. The van der Waals surface area contributed by atoms with Crippen LogP contribution in [0.3, 0.4) is 0 Å². The van der Waals surface area contributed by atoms with E-state index in [1.165, 1.54) is 34.1 Å². The highest BCUT2D eigenvalue weighted by atomic mass is 16.6. The second-order valence-corrected chi connectivity index (χ2v) is 15.6. The molecule has 10 heteroatoms. The molecule has 1 aliphatic heterocycles. The summed E-state index contributed by atoms with van der Waals surface area (Å²) in [6.07, 6.45) is 4.85. The van der Waals surface area contributed by atoms with Crippen molar-refractivity contribution < 1.29 is 48.0 Å². The van der Waals surface area contributed by atoms with Gasteiger partial charge in [-0.15, -0.1) is 0 Å². The number of ether oxygens (including phenoxy) is 4. The van der Waals surface area contributed by atoms with Crippen LogP contribution in [0.5, 0.6) is 0 Å². The van der Waals surface area contributed by atoms with Gasteiger partial charge >= 0.3 is 29.8 Å². The fourth-order valence-corrected chi connectivity index (χ4v) is 8.32. The van der Waals surface area contributed by atoms with Crippen LogP contribution in [0.4, 0.5) is 0 Å². The Bertz CT molecular complexity index is 1130. The van der Waals surface area contributed by atoms with Crippen LogP contribution in [0.25, 0.3) is 0 Å². The lowest BCUT2D eigenvalue weighted by atomic mass is 9.50. The predicted octanol–water partition coefficient (Wildman–Crippen LogP) is 5.24. The molecule has 5 fully saturated rings. The Labute approximate surface area is 254 Å². The smallest absolute Gasteiger partial charge is 0.350 e. The average molecular weight is 607 g/mol. The summed E-state index contributed by atoms with van der Waals surface area (Å²) in [6.45, 7) is 13.2. The number of carbonyl (C=O) groups is 5. The Morgan fingerprint density at radius 2 is 1.42 bits per heavy atom. The number of cyclic esters (lactones) is 1. The van der Waals surface area contributed by atoms with Gasteiger partial charge in [0.1, 0.15) is 5.60 Å². The Hall–Kier alpha value is -2.65. The molecule has 5 rings (SSSR count). The standard InChI is InChI=1S/C33H50O10/c1-9-31(6,27(38)43-33(8)21-13-19-12-20(15-21)16-22(33)14-19)18-32(7,17-29(2,3)25(35)36)28(39)42-30(4,5)26(37)41-23-10-11-40-24(23)34/h19-23H,9-18H2,1-8H3,(H,35,36). The minimum absolute atomic E-state index is 0.0401. The molecule has 5 aliphatic rings. The third-order valence-electron chi connectivity index (χ3n) is 11.0. The maximum atomic E-state index is 14.1. The Morgan fingerprint density at radius 3 is 1.88 bits per heavy atom. The van der Waals surface area contributed by atoms with Crippen LogP contribution in [-0.2, 0) is 42.9 Å². The molecule has 1 N–H and O–H groups in total. The molecule has 242 valence electrons. The quantitative estimate of drug-likeness (QED) is 0.231. The normalized spacial score (nSPS) is 32.7. The first-order valence-corrected chi connectivity index (χ1v) is 15.8. The van der Waals surface area contributed by atoms with Crippen LogP contribution in [0.15, 0.2) is 0 Å². The summed E-state index contributed by atoms with van der Waals surface area (Å²) in [7, 11) is 0. The number of hydrogen-bond donors (Lipinski definition) is 1. The second-order valence-electron chi connectivity index (χ2n) is 15.6. The number of aliphatic carboxylic acids is 1. The molecule has 0 radical (unpaired) electrons. The minimum atomic E-state index is -1.79. The van der Waals surface area contributed by atoms with E-state index in [2.05, 4.69) is 6.92 Å². The van der Waals surface area contributed by atoms with Crippen molar-refractivity contribution in [3.63, 3.8) is 0 Å². The number of esters is 4. The van der Waals surface area contributed by atoms with Crippen molar-refractivity contribution in [1.29, 1.82) is 0 Å². The van der Waals surface area contributed by atoms with Gasteiger partial charge in [0.15, 0.2) is 0 Å². The van der Waals surface area contributed by atoms with Crippen LogP contribution in [-0.4, -0.2) is 58.9 Å². The highest BCUT2D eigenvalue weighted by Gasteiger charge is 2.59. The predicted molar refractivity (Wildman–Crippen MR) is 154 cm³/mol. The van der Waals surface area contributed by atoms with Gasteiger partial charge < -0.3 is 24.1 Å². The summed E-state index contributed by atoms with van der Waals surface area (Å²) >= 11 is 0. The van der Waals surface area contributed by atoms with Crippen molar-refractivity contribution in [2.75, 3.05) is 6.61 Å². The van der Waals surface area contributed by atoms with Crippen LogP contribution in [0.2, 0.25) is 0 Å². The third kappa shape index (κ3) is 6.44. The highest BCUT2D eigenvalue weighted by molar-refractivity contribution is 5.88. The van der Waals surface area contributed by atoms with E-state index in [9.17, 15) is 29.1 Å². The molecule has 0 aromatic carbocycles. The molecule has 0 aromatic heterocycles. The van der Waals surface area contributed by atoms with Crippen molar-refractivity contribution in [3.8, 4) is 0 Å². The van der Waals surface area contributed by atoms with Crippen LogP contribution in [0.1, 0.15) is 113 Å². The molecule has 1 saturated heterocycles. The summed E-state index contributed by atoms with van der Waals surface area (Å²) in [5.41, 5.74) is -6.31. The lowest BCUT2D eigenvalue weighted by Crippen LogP contribution is -2.59. The molecule has 1 heterocycles. The number of carboxylic acids is 1. The summed E-state index contributed by atoms with van der Waals surface area (Å²) in [5.74, 6) is -1.85. The second kappa shape index (κ2) is 11.4. The van der Waals surface area contributed by atoms with Crippen LogP contribution in [0, 0.1) is 39.9 Å². The van der Waals surface area contributed by atoms with E-state index in [1.807, 2.05) is 6.92 Å². The van der Waals surface area contributed by atoms with Crippen molar-refractivity contribution in [3.05, 3.63) is 0 Å². The average Bonchev–Trinajstić information content (AvgIpc) is 3.30. The van der Waals surface area contributed by atoms with Gasteiger partial charge in [0, 0.05) is 6.42 Å². The SMILES string of the molecule is CCC(C)(CC(C)(CC(C)(C)C(=O)O)C(=O)OC(C)(C)C(=O)OC1CCOC1=O)C(=O)OC1(C)C2CC3CC(C2)CC1C3. The summed E-state index contributed by atoms with van der Waals surface area (Å²) in [4.78, 5) is 65.1. The third-order valence-corrected chi connectivity index (χ3v) is 11.0. The zero-order valence-corrected chi connectivity index (χ0v) is 27.1. The molecule has 3 atom stereocenters. The van der Waals surface area contributed by atoms with Gasteiger partial charge in [-0.25, -0.2) is 9.59 Å².